The van der Waals surface area contributed by atoms with E-state index < -0.39 is 0 Å². The van der Waals surface area contributed by atoms with Crippen LogP contribution >= 0.6 is 0 Å². The molecule has 0 amide bonds. The van der Waals surface area contributed by atoms with E-state index in [0.29, 0.717) is 0 Å². The van der Waals surface area contributed by atoms with Gasteiger partial charge in [-0.2, -0.15) is 0 Å². The summed E-state index contributed by atoms with van der Waals surface area (Å²) in [5.41, 5.74) is 1.44. The average Bonchev–Trinajstić information content (AvgIpc) is 2.43. The van der Waals surface area contributed by atoms with Crippen LogP contribution in [0.5, 0.6) is 0 Å². The predicted octanol–water partition coefficient (Wildman–Crippen LogP) is 4.49. The number of hydrogen-bond donors (Lipinski definition) is 0. The van der Waals surface area contributed by atoms with Gasteiger partial charge in [-0.3, -0.25) is 0 Å². The molecule has 0 saturated heterocycles. The van der Waals surface area contributed by atoms with Crippen LogP contribution in [0.15, 0.2) is 36.2 Å². The maximum Gasteiger partial charge on any atom is 0.0106 e. The van der Waals surface area contributed by atoms with Gasteiger partial charge in [-0.25, -0.2) is 0 Å². The molecule has 1 heteroatoms. The SMILES string of the molecule is CCCCCC(C)CC1=CN(C)C=CC=C1. The number of nitrogens with zero attached hydrogens (tertiary/aromatic N) is 1. The molecule has 1 aliphatic heterocycles. The van der Waals surface area contributed by atoms with Crippen LogP contribution in [0.4, 0.5) is 0 Å². The van der Waals surface area contributed by atoms with Crippen molar-refractivity contribution in [3.63, 3.8) is 0 Å². The molecule has 1 atom stereocenters. The molecule has 0 spiro atoms. The zero-order valence-electron chi connectivity index (χ0n) is 10.9. The third kappa shape index (κ3) is 5.20. The molecule has 1 heterocycles. The first-order chi connectivity index (χ1) is 7.72. The lowest BCUT2D eigenvalue weighted by molar-refractivity contribution is 0.490. The molecule has 0 saturated carbocycles. The maximum absolute atomic E-state index is 2.36. The fourth-order valence-electron chi connectivity index (χ4n) is 2.08. The van der Waals surface area contributed by atoms with Crippen LogP contribution in [0, 0.1) is 5.92 Å². The fourth-order valence-corrected chi connectivity index (χ4v) is 2.08. The summed E-state index contributed by atoms with van der Waals surface area (Å²) in [7, 11) is 2.09. The first kappa shape index (κ1) is 13.1. The van der Waals surface area contributed by atoms with Gasteiger partial charge in [0.05, 0.1) is 0 Å². The molecule has 0 aromatic carbocycles. The standard InChI is InChI=1S/C15H25N/c1-4-5-6-9-14(2)12-15-10-7-8-11-16(3)13-15/h7-8,10-11,13-14H,4-6,9,12H2,1-3H3. The molecular formula is C15H25N. The van der Waals surface area contributed by atoms with Gasteiger partial charge >= 0.3 is 0 Å². The van der Waals surface area contributed by atoms with E-state index in [1.807, 2.05) is 0 Å². The first-order valence-corrected chi connectivity index (χ1v) is 6.50. The lowest BCUT2D eigenvalue weighted by Crippen LogP contribution is -2.03. The van der Waals surface area contributed by atoms with Gasteiger partial charge in [-0.1, -0.05) is 51.7 Å². The van der Waals surface area contributed by atoms with Crippen LogP contribution < -0.4 is 0 Å². The molecule has 90 valence electrons. The largest absolute Gasteiger partial charge is 0.357 e. The van der Waals surface area contributed by atoms with Gasteiger partial charge in [0.15, 0.2) is 0 Å². The van der Waals surface area contributed by atoms with Crippen LogP contribution in [0.25, 0.3) is 0 Å². The van der Waals surface area contributed by atoms with E-state index in [1.165, 1.54) is 37.7 Å². The van der Waals surface area contributed by atoms with Crippen molar-refractivity contribution in [2.24, 2.45) is 5.92 Å². The molecule has 1 unspecified atom stereocenters. The second-order valence-corrected chi connectivity index (χ2v) is 4.88. The minimum absolute atomic E-state index is 0.800. The lowest BCUT2D eigenvalue weighted by Gasteiger charge is -2.13. The lowest BCUT2D eigenvalue weighted by atomic mass is 9.95. The molecule has 0 aromatic heterocycles. The van der Waals surface area contributed by atoms with Gasteiger partial charge in [0.2, 0.25) is 0 Å². The highest BCUT2D eigenvalue weighted by Gasteiger charge is 2.05. The molecule has 16 heavy (non-hydrogen) atoms. The van der Waals surface area contributed by atoms with Gasteiger partial charge in [-0.15, -0.1) is 0 Å². The molecule has 0 fully saturated rings. The minimum Gasteiger partial charge on any atom is -0.357 e. The average molecular weight is 219 g/mol. The van der Waals surface area contributed by atoms with Crippen LogP contribution in [0.1, 0.15) is 46.0 Å². The van der Waals surface area contributed by atoms with Crippen molar-refractivity contribution in [2.45, 2.75) is 46.0 Å². The molecule has 0 bridgehead atoms. The summed E-state index contributed by atoms with van der Waals surface area (Å²) < 4.78 is 0. The monoisotopic (exact) mass is 219 g/mol. The summed E-state index contributed by atoms with van der Waals surface area (Å²) in [6.07, 6.45) is 17.4. The van der Waals surface area contributed by atoms with E-state index in [2.05, 4.69) is 56.4 Å². The summed E-state index contributed by atoms with van der Waals surface area (Å²) in [6, 6.07) is 0. The highest BCUT2D eigenvalue weighted by Crippen LogP contribution is 2.20. The quantitative estimate of drug-likeness (QED) is 0.595. The second-order valence-electron chi connectivity index (χ2n) is 4.88. The Morgan fingerprint density at radius 2 is 2.06 bits per heavy atom. The highest BCUT2D eigenvalue weighted by atomic mass is 15.0. The molecule has 0 aliphatic carbocycles. The van der Waals surface area contributed by atoms with Gasteiger partial charge in [0.25, 0.3) is 0 Å². The van der Waals surface area contributed by atoms with Gasteiger partial charge < -0.3 is 4.90 Å². The van der Waals surface area contributed by atoms with Gasteiger partial charge in [-0.05, 0) is 24.0 Å². The summed E-state index contributed by atoms with van der Waals surface area (Å²) in [6.45, 7) is 4.63. The van der Waals surface area contributed by atoms with E-state index in [9.17, 15) is 0 Å². The number of unbranched alkanes of at least 4 members (excludes halogenated alkanes) is 2. The Hall–Kier alpha value is -0.980. The second kappa shape index (κ2) is 7.32. The maximum atomic E-state index is 2.36. The van der Waals surface area contributed by atoms with E-state index >= 15 is 0 Å². The minimum atomic E-state index is 0.800. The van der Waals surface area contributed by atoms with E-state index in [-0.39, 0.29) is 0 Å². The van der Waals surface area contributed by atoms with Crippen molar-refractivity contribution in [3.05, 3.63) is 36.2 Å². The van der Waals surface area contributed by atoms with Crippen LogP contribution in [-0.2, 0) is 0 Å². The number of hydrogen-bond acceptors (Lipinski definition) is 1. The van der Waals surface area contributed by atoms with Gasteiger partial charge in [0, 0.05) is 19.4 Å². The molecule has 0 N–H and O–H groups in total. The van der Waals surface area contributed by atoms with Crippen molar-refractivity contribution < 1.29 is 0 Å². The summed E-state index contributed by atoms with van der Waals surface area (Å²) in [5, 5.41) is 0. The van der Waals surface area contributed by atoms with Crippen molar-refractivity contribution in [1.82, 2.24) is 4.90 Å². The Kier molecular flexibility index (Phi) is 5.99. The Bertz CT molecular complexity index is 273. The summed E-state index contributed by atoms with van der Waals surface area (Å²) >= 11 is 0. The van der Waals surface area contributed by atoms with Crippen LogP contribution in [0.3, 0.4) is 0 Å². The van der Waals surface area contributed by atoms with Crippen molar-refractivity contribution in [1.29, 1.82) is 0 Å². The van der Waals surface area contributed by atoms with E-state index in [4.69, 9.17) is 0 Å². The number of rotatable bonds is 6. The van der Waals surface area contributed by atoms with Crippen LogP contribution in [-0.4, -0.2) is 11.9 Å². The molecule has 1 rings (SSSR count). The summed E-state index contributed by atoms with van der Waals surface area (Å²) in [4.78, 5) is 2.13. The summed E-state index contributed by atoms with van der Waals surface area (Å²) in [5.74, 6) is 0.800. The molecule has 0 radical (unpaired) electrons. The Balaban J connectivity index is 2.35. The first-order valence-electron chi connectivity index (χ1n) is 6.50. The van der Waals surface area contributed by atoms with Crippen molar-refractivity contribution in [2.75, 3.05) is 7.05 Å². The molecular weight excluding hydrogens is 194 g/mol. The zero-order chi connectivity index (χ0) is 11.8. The predicted molar refractivity (Wildman–Crippen MR) is 72.0 cm³/mol. The molecule has 0 aromatic rings. The van der Waals surface area contributed by atoms with Gasteiger partial charge in [0.1, 0.15) is 0 Å². The Morgan fingerprint density at radius 1 is 1.25 bits per heavy atom. The Morgan fingerprint density at radius 3 is 2.81 bits per heavy atom. The normalized spacial score (nSPS) is 17.2. The third-order valence-corrected chi connectivity index (χ3v) is 3.00. The number of allylic oxidation sites excluding steroid dienone is 4. The van der Waals surface area contributed by atoms with E-state index in [0.717, 1.165) is 5.92 Å². The third-order valence-electron chi connectivity index (χ3n) is 3.00. The smallest absolute Gasteiger partial charge is 0.0106 e. The van der Waals surface area contributed by atoms with E-state index in [1.54, 1.807) is 0 Å². The topological polar surface area (TPSA) is 3.24 Å². The molecule has 1 aliphatic rings. The fraction of sp³-hybridized carbons (Fsp3) is 0.600. The zero-order valence-corrected chi connectivity index (χ0v) is 10.9. The Labute approximate surface area is 101 Å². The van der Waals surface area contributed by atoms with Crippen molar-refractivity contribution in [3.8, 4) is 0 Å². The van der Waals surface area contributed by atoms with Crippen LogP contribution in [0.2, 0.25) is 0 Å². The molecule has 1 nitrogen and oxygen atoms in total. The van der Waals surface area contributed by atoms with Crippen molar-refractivity contribution >= 4 is 0 Å². The highest BCUT2D eigenvalue weighted by molar-refractivity contribution is 5.25.